The number of carboxylic acids is 1. The van der Waals surface area contributed by atoms with Crippen molar-refractivity contribution in [1.82, 2.24) is 0 Å². The molecule has 0 spiro atoms. The van der Waals surface area contributed by atoms with Gasteiger partial charge in [-0.3, -0.25) is 4.79 Å². The van der Waals surface area contributed by atoms with Gasteiger partial charge in [0, 0.05) is 55.1 Å². The topological polar surface area (TPSA) is 73.3 Å². The maximum absolute atomic E-state index is 13.5. The van der Waals surface area contributed by atoms with Crippen molar-refractivity contribution in [3.63, 3.8) is 0 Å². The van der Waals surface area contributed by atoms with E-state index in [0.29, 0.717) is 5.75 Å². The van der Waals surface area contributed by atoms with Crippen LogP contribution in [0.3, 0.4) is 0 Å². The highest BCUT2D eigenvalue weighted by molar-refractivity contribution is 8.76. The highest BCUT2D eigenvalue weighted by Crippen LogP contribution is 2.55. The molecular weight excluding hydrogens is 502 g/mol. The van der Waals surface area contributed by atoms with Gasteiger partial charge >= 0.3 is 12.1 Å². The van der Waals surface area contributed by atoms with Crippen molar-refractivity contribution in [3.8, 4) is 0 Å². The van der Waals surface area contributed by atoms with Gasteiger partial charge in [-0.05, 0) is 62.1 Å². The molecule has 0 saturated carbocycles. The van der Waals surface area contributed by atoms with E-state index >= 15 is 0 Å². The number of amides is 1. The number of carboxylic acid groups (broad SMARTS) is 1. The van der Waals surface area contributed by atoms with Crippen LogP contribution in [0.15, 0.2) is 21.9 Å². The van der Waals surface area contributed by atoms with Crippen molar-refractivity contribution < 1.29 is 19.4 Å². The SMILES string of the molecule is Cc1cc2c(c(C)c1N(C)C)Sc1c(cc(C)c(N(C)C)c1C)N2C(=O)OCCSSCC(=O)O. The monoisotopic (exact) mass is 535 g/mol. The Labute approximate surface area is 220 Å². The van der Waals surface area contributed by atoms with E-state index in [1.54, 1.807) is 16.7 Å². The fraction of sp³-hybridized carbons (Fsp3) is 0.440. The average Bonchev–Trinajstić information content (AvgIpc) is 2.74. The lowest BCUT2D eigenvalue weighted by Gasteiger charge is -2.35. The summed E-state index contributed by atoms with van der Waals surface area (Å²) in [4.78, 5) is 32.2. The van der Waals surface area contributed by atoms with Gasteiger partial charge in [-0.25, -0.2) is 9.69 Å². The second-order valence-corrected chi connectivity index (χ2v) is 12.5. The summed E-state index contributed by atoms with van der Waals surface area (Å²) >= 11 is 1.71. The number of rotatable bonds is 8. The van der Waals surface area contributed by atoms with Crippen molar-refractivity contribution in [1.29, 1.82) is 0 Å². The molecule has 190 valence electrons. The molecule has 35 heavy (non-hydrogen) atoms. The molecule has 0 atom stereocenters. The van der Waals surface area contributed by atoms with Gasteiger partial charge in [0.25, 0.3) is 0 Å². The molecule has 1 amide bonds. The Balaban J connectivity index is 2.04. The van der Waals surface area contributed by atoms with Gasteiger partial charge in [-0.1, -0.05) is 33.3 Å². The predicted molar refractivity (Wildman–Crippen MR) is 151 cm³/mol. The number of anilines is 4. The Bertz CT molecular complexity index is 1080. The molecule has 3 rings (SSSR count). The largest absolute Gasteiger partial charge is 0.481 e. The van der Waals surface area contributed by atoms with Gasteiger partial charge in [-0.15, -0.1) is 0 Å². The summed E-state index contributed by atoms with van der Waals surface area (Å²) in [5, 5.41) is 8.78. The fourth-order valence-corrected chi connectivity index (χ4v) is 7.42. The van der Waals surface area contributed by atoms with E-state index in [0.717, 1.165) is 54.8 Å². The van der Waals surface area contributed by atoms with Crippen molar-refractivity contribution in [3.05, 3.63) is 34.4 Å². The van der Waals surface area contributed by atoms with Crippen LogP contribution in [0.2, 0.25) is 0 Å². The molecule has 0 bridgehead atoms. The number of aliphatic carboxylic acids is 1. The Hall–Kier alpha value is -2.17. The number of nitrogens with zero attached hydrogens (tertiary/aromatic N) is 3. The summed E-state index contributed by atoms with van der Waals surface area (Å²) in [5.41, 5.74) is 8.40. The third-order valence-electron chi connectivity index (χ3n) is 5.73. The molecule has 1 aliphatic rings. The fourth-order valence-electron chi connectivity index (χ4n) is 4.64. The molecule has 7 nitrogen and oxygen atoms in total. The second-order valence-electron chi connectivity index (χ2n) is 8.85. The molecule has 0 fully saturated rings. The first-order chi connectivity index (χ1) is 16.5. The molecule has 2 aromatic carbocycles. The quantitative estimate of drug-likeness (QED) is 0.311. The maximum atomic E-state index is 13.5. The number of hydrogen-bond donors (Lipinski definition) is 1. The minimum atomic E-state index is -0.857. The molecule has 0 saturated heterocycles. The number of ether oxygens (including phenoxy) is 1. The molecule has 1 N–H and O–H groups in total. The van der Waals surface area contributed by atoms with Crippen molar-refractivity contribution in [2.75, 3.05) is 61.0 Å². The summed E-state index contributed by atoms with van der Waals surface area (Å²) in [6.07, 6.45) is -0.426. The summed E-state index contributed by atoms with van der Waals surface area (Å²) in [6, 6.07) is 4.13. The third-order valence-corrected chi connectivity index (χ3v) is 9.39. The Morgan fingerprint density at radius 1 is 0.914 bits per heavy atom. The first-order valence-corrected chi connectivity index (χ1v) is 14.5. The zero-order chi connectivity index (χ0) is 26.0. The van der Waals surface area contributed by atoms with Gasteiger partial charge in [-0.2, -0.15) is 0 Å². The predicted octanol–water partition coefficient (Wildman–Crippen LogP) is 6.26. The van der Waals surface area contributed by atoms with E-state index in [-0.39, 0.29) is 12.4 Å². The highest BCUT2D eigenvalue weighted by Gasteiger charge is 2.34. The second kappa shape index (κ2) is 11.3. The zero-order valence-corrected chi connectivity index (χ0v) is 24.0. The first-order valence-electron chi connectivity index (χ1n) is 11.2. The lowest BCUT2D eigenvalue weighted by molar-refractivity contribution is -0.133. The van der Waals surface area contributed by atoms with Crippen LogP contribution >= 0.6 is 33.3 Å². The van der Waals surface area contributed by atoms with E-state index in [2.05, 4.69) is 49.6 Å². The molecule has 0 radical (unpaired) electrons. The molecule has 2 aromatic rings. The lowest BCUT2D eigenvalue weighted by Crippen LogP contribution is -2.31. The van der Waals surface area contributed by atoms with Gasteiger partial charge in [0.1, 0.15) is 12.4 Å². The highest BCUT2D eigenvalue weighted by atomic mass is 33.1. The molecule has 1 heterocycles. The van der Waals surface area contributed by atoms with Crippen LogP contribution in [0.5, 0.6) is 0 Å². The Morgan fingerprint density at radius 3 is 1.83 bits per heavy atom. The summed E-state index contributed by atoms with van der Waals surface area (Å²) in [7, 11) is 10.8. The van der Waals surface area contributed by atoms with E-state index < -0.39 is 12.1 Å². The van der Waals surface area contributed by atoms with Crippen LogP contribution in [-0.4, -0.2) is 63.5 Å². The minimum absolute atomic E-state index is 0.0161. The van der Waals surface area contributed by atoms with Crippen LogP contribution in [0.25, 0.3) is 0 Å². The lowest BCUT2D eigenvalue weighted by atomic mass is 10.0. The van der Waals surface area contributed by atoms with E-state index in [1.807, 2.05) is 28.2 Å². The Kier molecular flexibility index (Phi) is 8.82. The van der Waals surface area contributed by atoms with Crippen LogP contribution < -0.4 is 14.7 Å². The molecule has 0 aromatic heterocycles. The smallest absolute Gasteiger partial charge is 0.419 e. The Morgan fingerprint density at radius 2 is 1.40 bits per heavy atom. The van der Waals surface area contributed by atoms with Crippen LogP contribution in [0.1, 0.15) is 22.3 Å². The van der Waals surface area contributed by atoms with Crippen LogP contribution in [0.4, 0.5) is 27.5 Å². The molecule has 0 aliphatic carbocycles. The van der Waals surface area contributed by atoms with Crippen LogP contribution in [0, 0.1) is 27.7 Å². The van der Waals surface area contributed by atoms with E-state index in [9.17, 15) is 9.59 Å². The number of benzene rings is 2. The minimum Gasteiger partial charge on any atom is -0.481 e. The van der Waals surface area contributed by atoms with E-state index in [1.165, 1.54) is 21.6 Å². The first kappa shape index (κ1) is 27.4. The number of carbonyl (C=O) groups is 2. The average molecular weight is 536 g/mol. The van der Waals surface area contributed by atoms with Crippen molar-refractivity contribution in [2.24, 2.45) is 0 Å². The van der Waals surface area contributed by atoms with Gasteiger partial charge in [0.2, 0.25) is 0 Å². The molecule has 10 heteroatoms. The van der Waals surface area contributed by atoms with Gasteiger partial charge < -0.3 is 19.6 Å². The van der Waals surface area contributed by atoms with Gasteiger partial charge in [0.05, 0.1) is 11.4 Å². The normalized spacial score (nSPS) is 12.2. The van der Waals surface area contributed by atoms with E-state index in [4.69, 9.17) is 9.84 Å². The zero-order valence-electron chi connectivity index (χ0n) is 21.5. The third kappa shape index (κ3) is 5.65. The number of aryl methyl sites for hydroxylation is 2. The van der Waals surface area contributed by atoms with Crippen LogP contribution in [-0.2, 0) is 9.53 Å². The molecule has 0 unspecified atom stereocenters. The maximum Gasteiger partial charge on any atom is 0.419 e. The molecule has 1 aliphatic heterocycles. The number of hydrogen-bond acceptors (Lipinski definition) is 8. The number of fused-ring (bicyclic) bond motifs is 2. The summed E-state index contributed by atoms with van der Waals surface area (Å²) in [5.74, 6) is -0.326. The van der Waals surface area contributed by atoms with Crippen molar-refractivity contribution in [2.45, 2.75) is 37.5 Å². The van der Waals surface area contributed by atoms with Gasteiger partial charge in [0.15, 0.2) is 0 Å². The summed E-state index contributed by atoms with van der Waals surface area (Å²) < 4.78 is 5.69. The number of carbonyl (C=O) groups excluding carboxylic acids is 1. The summed E-state index contributed by atoms with van der Waals surface area (Å²) in [6.45, 7) is 8.54. The van der Waals surface area contributed by atoms with Crippen molar-refractivity contribution >= 4 is 68.2 Å². The molecular formula is C25H33N3O4S3. The standard InChI is InChI=1S/C25H33N3O4S3/c1-14-11-18-23(16(3)21(14)26(5)6)35-24-17(4)22(27(7)8)15(2)12-19(24)28(18)25(31)32-9-10-33-34-13-20(29)30/h11-12H,9-10,13H2,1-8H3,(H,29,30).